The summed E-state index contributed by atoms with van der Waals surface area (Å²) in [4.78, 5) is 68.1. The van der Waals surface area contributed by atoms with Crippen LogP contribution in [0.2, 0.25) is 0 Å². The number of hydrogen-bond acceptors (Lipinski definition) is 6. The largest absolute Gasteiger partial charge is 0.497 e. The zero-order chi connectivity index (χ0) is 40.3. The molecule has 0 heterocycles. The highest BCUT2D eigenvalue weighted by molar-refractivity contribution is 6.02. The monoisotopic (exact) mass is 781 g/mol. The zero-order valence-electron chi connectivity index (χ0n) is 32.3. The van der Waals surface area contributed by atoms with Crippen molar-refractivity contribution in [3.63, 3.8) is 0 Å². The minimum Gasteiger partial charge on any atom is -0.497 e. The van der Waals surface area contributed by atoms with Gasteiger partial charge >= 0.3 is 11.9 Å². The number of amides is 3. The number of aromatic carboxylic acids is 2. The molecule has 0 saturated heterocycles. The Bertz CT molecular complexity index is 2210. The standard InChI is InChI=1S/C47H47N3O8/c1-58-32-12-10-25(11-13-32)17-37(42(51)49-31-19-29(45(54)55)18-30(20-31)46(56)57)50-44(53)41-39-35-8-4-2-6-33(35)38(34-7-3-5-9-36(34)39)40(41)43(52)48-24-47-21-26-14-27(22-47)16-28(15-26)23-47/h2-13,18-20,26-28,37-41H,14-17,21-24H2,1H3,(H,48,52)(H,49,51)(H,50,53)(H,54,55)(H,56,57)/t26?,27?,28?,37-,38?,39?,40?,41?,47?/m0/s1. The fourth-order valence-corrected chi connectivity index (χ4v) is 11.9. The molecule has 4 aromatic carbocycles. The van der Waals surface area contributed by atoms with E-state index in [1.807, 2.05) is 36.4 Å². The maximum absolute atomic E-state index is 15.1. The van der Waals surface area contributed by atoms with E-state index < -0.39 is 47.5 Å². The molecule has 6 bridgehead atoms. The molecule has 298 valence electrons. The Labute approximate surface area is 336 Å². The van der Waals surface area contributed by atoms with E-state index in [9.17, 15) is 29.4 Å². The highest BCUT2D eigenvalue weighted by Gasteiger charge is 2.56. The van der Waals surface area contributed by atoms with Crippen LogP contribution in [-0.2, 0) is 20.8 Å². The molecule has 4 fully saturated rings. The van der Waals surface area contributed by atoms with Crippen LogP contribution in [0.5, 0.6) is 5.75 Å². The third kappa shape index (κ3) is 6.80. The highest BCUT2D eigenvalue weighted by Crippen LogP contribution is 2.61. The van der Waals surface area contributed by atoms with E-state index in [-0.39, 0.29) is 40.5 Å². The van der Waals surface area contributed by atoms with Crippen molar-refractivity contribution in [2.75, 3.05) is 19.0 Å². The van der Waals surface area contributed by atoms with Crippen LogP contribution in [0.25, 0.3) is 0 Å². The lowest BCUT2D eigenvalue weighted by Gasteiger charge is -2.57. The molecule has 11 rings (SSSR count). The van der Waals surface area contributed by atoms with Crippen molar-refractivity contribution in [1.82, 2.24) is 10.6 Å². The summed E-state index contributed by atoms with van der Waals surface area (Å²) in [6.07, 6.45) is 7.35. The summed E-state index contributed by atoms with van der Waals surface area (Å²) in [5.41, 5.74) is 4.16. The molecular formula is C47H47N3O8. The van der Waals surface area contributed by atoms with Crippen molar-refractivity contribution in [2.45, 2.75) is 62.8 Å². The van der Waals surface area contributed by atoms with Crippen LogP contribution in [0.3, 0.4) is 0 Å². The fourth-order valence-electron chi connectivity index (χ4n) is 11.9. The van der Waals surface area contributed by atoms with Gasteiger partial charge in [-0.05, 0) is 120 Å². The number of rotatable bonds is 12. The molecule has 7 aliphatic carbocycles. The molecule has 11 nitrogen and oxygen atoms in total. The normalized spacial score (nSPS) is 27.4. The predicted octanol–water partition coefficient (Wildman–Crippen LogP) is 6.61. The number of carbonyl (C=O) groups is 5. The van der Waals surface area contributed by atoms with Crippen LogP contribution < -0.4 is 20.7 Å². The highest BCUT2D eigenvalue weighted by atomic mass is 16.5. The third-order valence-corrected chi connectivity index (χ3v) is 13.8. The molecule has 4 saturated carbocycles. The molecule has 58 heavy (non-hydrogen) atoms. The van der Waals surface area contributed by atoms with Gasteiger partial charge in [-0.15, -0.1) is 0 Å². The van der Waals surface area contributed by atoms with E-state index in [4.69, 9.17) is 4.74 Å². The second-order valence-electron chi connectivity index (χ2n) is 17.4. The molecule has 0 spiro atoms. The number of methoxy groups -OCH3 is 1. The van der Waals surface area contributed by atoms with Crippen LogP contribution in [0.4, 0.5) is 5.69 Å². The molecule has 11 heteroatoms. The average Bonchev–Trinajstić information content (AvgIpc) is 3.21. The first-order valence-corrected chi connectivity index (χ1v) is 20.3. The predicted molar refractivity (Wildman–Crippen MR) is 215 cm³/mol. The van der Waals surface area contributed by atoms with Gasteiger partial charge in [-0.2, -0.15) is 0 Å². The van der Waals surface area contributed by atoms with Gasteiger partial charge in [0.25, 0.3) is 0 Å². The van der Waals surface area contributed by atoms with Gasteiger partial charge in [-0.3, -0.25) is 14.4 Å². The minimum atomic E-state index is -1.36. The Morgan fingerprint density at radius 3 is 1.64 bits per heavy atom. The summed E-state index contributed by atoms with van der Waals surface area (Å²) < 4.78 is 5.33. The van der Waals surface area contributed by atoms with Gasteiger partial charge in [0.1, 0.15) is 11.8 Å². The SMILES string of the molecule is COc1ccc(C[C@H](NC(=O)C2C3c4ccccc4C(c4ccccc43)C2C(=O)NCC23CC4CC(CC(C4)C2)C3)C(=O)Nc2cc(C(=O)O)cc(C(=O)O)c2)cc1. The van der Waals surface area contributed by atoms with Crippen molar-refractivity contribution in [1.29, 1.82) is 0 Å². The van der Waals surface area contributed by atoms with Crippen LogP contribution in [0.1, 0.15) is 98.9 Å². The van der Waals surface area contributed by atoms with E-state index in [0.717, 1.165) is 65.3 Å². The number of hydrogen-bond donors (Lipinski definition) is 5. The summed E-state index contributed by atoms with van der Waals surface area (Å²) >= 11 is 0. The van der Waals surface area contributed by atoms with Gasteiger partial charge in [0.2, 0.25) is 17.7 Å². The van der Waals surface area contributed by atoms with Crippen molar-refractivity contribution >= 4 is 35.3 Å². The van der Waals surface area contributed by atoms with E-state index in [1.165, 1.54) is 31.4 Å². The zero-order valence-corrected chi connectivity index (χ0v) is 32.3. The molecule has 2 unspecified atom stereocenters. The summed E-state index contributed by atoms with van der Waals surface area (Å²) in [7, 11) is 1.55. The number of carboxylic acids is 2. The Balaban J connectivity index is 1.06. The van der Waals surface area contributed by atoms with E-state index in [0.29, 0.717) is 17.9 Å². The Morgan fingerprint density at radius 1 is 0.690 bits per heavy atom. The minimum absolute atomic E-state index is 0.0437. The number of fused-ring (bicyclic) bond motifs is 1. The molecule has 0 radical (unpaired) electrons. The Morgan fingerprint density at radius 2 is 1.17 bits per heavy atom. The topological polar surface area (TPSA) is 171 Å². The van der Waals surface area contributed by atoms with E-state index >= 15 is 4.79 Å². The number of ether oxygens (including phenoxy) is 1. The molecule has 4 aromatic rings. The van der Waals surface area contributed by atoms with Gasteiger partial charge in [-0.25, -0.2) is 9.59 Å². The molecule has 3 atom stereocenters. The lowest BCUT2D eigenvalue weighted by atomic mass is 9.49. The smallest absolute Gasteiger partial charge is 0.335 e. The third-order valence-electron chi connectivity index (χ3n) is 13.8. The van der Waals surface area contributed by atoms with E-state index in [1.54, 1.807) is 31.4 Å². The van der Waals surface area contributed by atoms with Gasteiger partial charge < -0.3 is 30.9 Å². The van der Waals surface area contributed by atoms with Gasteiger partial charge in [-0.1, -0.05) is 60.7 Å². The number of nitrogens with one attached hydrogen (secondary N) is 3. The Hall–Kier alpha value is -5.97. The number of anilines is 1. The lowest BCUT2D eigenvalue weighted by Crippen LogP contribution is -2.57. The molecule has 7 aliphatic rings. The summed E-state index contributed by atoms with van der Waals surface area (Å²) in [5.74, 6) is -3.66. The first-order chi connectivity index (χ1) is 28.0. The van der Waals surface area contributed by atoms with Crippen LogP contribution >= 0.6 is 0 Å². The van der Waals surface area contributed by atoms with Crippen molar-refractivity contribution in [3.05, 3.63) is 130 Å². The average molecular weight is 782 g/mol. The molecule has 0 aliphatic heterocycles. The summed E-state index contributed by atoms with van der Waals surface area (Å²) in [6.45, 7) is 0.594. The number of benzene rings is 4. The van der Waals surface area contributed by atoms with Crippen LogP contribution in [0, 0.1) is 35.0 Å². The van der Waals surface area contributed by atoms with Gasteiger partial charge in [0.05, 0.1) is 30.1 Å². The van der Waals surface area contributed by atoms with E-state index in [2.05, 4.69) is 28.1 Å². The van der Waals surface area contributed by atoms with Crippen molar-refractivity contribution in [2.24, 2.45) is 35.0 Å². The first kappa shape index (κ1) is 37.6. The fraction of sp³-hybridized carbons (Fsp3) is 0.383. The van der Waals surface area contributed by atoms with Gasteiger partial charge in [0, 0.05) is 30.5 Å². The van der Waals surface area contributed by atoms with Crippen LogP contribution in [-0.4, -0.2) is 59.6 Å². The summed E-state index contributed by atoms with van der Waals surface area (Å²) in [5, 5.41) is 28.5. The van der Waals surface area contributed by atoms with Gasteiger partial charge in [0.15, 0.2) is 0 Å². The maximum Gasteiger partial charge on any atom is 0.335 e. The summed E-state index contributed by atoms with van der Waals surface area (Å²) in [6, 6.07) is 25.3. The molecular weight excluding hydrogens is 735 g/mol. The quantitative estimate of drug-likeness (QED) is 0.107. The second-order valence-corrected chi connectivity index (χ2v) is 17.4. The van der Waals surface area contributed by atoms with Crippen molar-refractivity contribution in [3.8, 4) is 5.75 Å². The lowest BCUT2D eigenvalue weighted by molar-refractivity contribution is -0.139. The molecule has 0 aromatic heterocycles. The Kier molecular flexibility index (Phi) is 9.57. The number of carboxylic acid groups (broad SMARTS) is 2. The van der Waals surface area contributed by atoms with Crippen molar-refractivity contribution < 1.29 is 38.9 Å². The van der Waals surface area contributed by atoms with Crippen LogP contribution in [0.15, 0.2) is 91.0 Å². The molecule has 5 N–H and O–H groups in total. The number of carbonyl (C=O) groups excluding carboxylic acids is 3. The maximum atomic E-state index is 15.1. The molecule has 3 amide bonds. The first-order valence-electron chi connectivity index (χ1n) is 20.3. The second kappa shape index (κ2) is 14.8.